The SMILES string of the molecule is COc1ccc(N2C[C@@H](NC(=O)Nc3cccc(Cl)c3)CC2=O)cc1OC. The first-order valence-corrected chi connectivity index (χ1v) is 8.73. The van der Waals surface area contributed by atoms with E-state index in [0.717, 1.165) is 0 Å². The number of benzene rings is 2. The maximum atomic E-state index is 12.4. The van der Waals surface area contributed by atoms with E-state index in [0.29, 0.717) is 34.4 Å². The molecule has 8 heteroatoms. The van der Waals surface area contributed by atoms with E-state index >= 15 is 0 Å². The number of carbonyl (C=O) groups is 2. The van der Waals surface area contributed by atoms with Gasteiger partial charge < -0.3 is 25.0 Å². The van der Waals surface area contributed by atoms with Crippen molar-refractivity contribution >= 4 is 34.9 Å². The van der Waals surface area contributed by atoms with Crippen molar-refractivity contribution in [2.45, 2.75) is 12.5 Å². The van der Waals surface area contributed by atoms with Crippen molar-refractivity contribution < 1.29 is 19.1 Å². The topological polar surface area (TPSA) is 79.9 Å². The molecule has 1 aliphatic rings. The fraction of sp³-hybridized carbons (Fsp3) is 0.263. The Balaban J connectivity index is 1.64. The molecule has 1 heterocycles. The van der Waals surface area contributed by atoms with E-state index in [2.05, 4.69) is 10.6 Å². The summed E-state index contributed by atoms with van der Waals surface area (Å²) in [5.74, 6) is 1.05. The van der Waals surface area contributed by atoms with E-state index in [1.807, 2.05) is 0 Å². The summed E-state index contributed by atoms with van der Waals surface area (Å²) in [6.45, 7) is 0.372. The summed E-state index contributed by atoms with van der Waals surface area (Å²) in [4.78, 5) is 26.2. The molecule has 3 rings (SSSR count). The van der Waals surface area contributed by atoms with Crippen LogP contribution in [0.25, 0.3) is 0 Å². The predicted molar refractivity (Wildman–Crippen MR) is 104 cm³/mol. The summed E-state index contributed by atoms with van der Waals surface area (Å²) < 4.78 is 10.5. The van der Waals surface area contributed by atoms with Crippen molar-refractivity contribution in [1.82, 2.24) is 5.32 Å². The van der Waals surface area contributed by atoms with Gasteiger partial charge in [-0.05, 0) is 30.3 Å². The number of hydrogen-bond acceptors (Lipinski definition) is 4. The first kappa shape index (κ1) is 18.8. The molecule has 1 aliphatic heterocycles. The van der Waals surface area contributed by atoms with Gasteiger partial charge in [-0.3, -0.25) is 4.79 Å². The standard InChI is InChI=1S/C19H20ClN3O4/c1-26-16-7-6-15(10-17(16)27-2)23-11-14(9-18(23)24)22-19(25)21-13-5-3-4-12(20)8-13/h3-8,10,14H,9,11H2,1-2H3,(H2,21,22,25)/t14-/m0/s1. The number of urea groups is 1. The lowest BCUT2D eigenvalue weighted by Crippen LogP contribution is -2.39. The zero-order chi connectivity index (χ0) is 19.4. The van der Waals surface area contributed by atoms with Crippen molar-refractivity contribution in [3.8, 4) is 11.5 Å². The number of ether oxygens (including phenoxy) is 2. The lowest BCUT2D eigenvalue weighted by molar-refractivity contribution is -0.117. The average Bonchev–Trinajstić information content (AvgIpc) is 3.01. The Bertz CT molecular complexity index is 859. The molecule has 0 unspecified atom stereocenters. The molecule has 1 fully saturated rings. The van der Waals surface area contributed by atoms with Crippen LogP contribution in [0.15, 0.2) is 42.5 Å². The van der Waals surface area contributed by atoms with E-state index in [9.17, 15) is 9.59 Å². The summed E-state index contributed by atoms with van der Waals surface area (Å²) in [6.07, 6.45) is 0.220. The molecule has 7 nitrogen and oxygen atoms in total. The van der Waals surface area contributed by atoms with Crippen molar-refractivity contribution in [1.29, 1.82) is 0 Å². The minimum Gasteiger partial charge on any atom is -0.493 e. The molecule has 2 N–H and O–H groups in total. The van der Waals surface area contributed by atoms with Crippen molar-refractivity contribution in [3.63, 3.8) is 0 Å². The minimum atomic E-state index is -0.385. The van der Waals surface area contributed by atoms with E-state index in [1.54, 1.807) is 54.5 Å². The molecule has 1 atom stereocenters. The maximum Gasteiger partial charge on any atom is 0.319 e. The Morgan fingerprint density at radius 3 is 2.63 bits per heavy atom. The first-order chi connectivity index (χ1) is 13.0. The van der Waals surface area contributed by atoms with Crippen LogP contribution >= 0.6 is 11.6 Å². The molecule has 3 amide bonds. The highest BCUT2D eigenvalue weighted by molar-refractivity contribution is 6.30. The molecule has 0 bridgehead atoms. The summed E-state index contributed by atoms with van der Waals surface area (Å²) in [6, 6.07) is 11.4. The molecule has 142 valence electrons. The van der Waals surface area contributed by atoms with Crippen molar-refractivity contribution in [2.75, 3.05) is 31.0 Å². The van der Waals surface area contributed by atoms with Gasteiger partial charge in [0.25, 0.3) is 0 Å². The number of amides is 3. The number of carbonyl (C=O) groups excluding carboxylic acids is 2. The normalized spacial score (nSPS) is 16.2. The molecule has 27 heavy (non-hydrogen) atoms. The Hall–Kier alpha value is -2.93. The monoisotopic (exact) mass is 389 g/mol. The third-order valence-electron chi connectivity index (χ3n) is 4.22. The highest BCUT2D eigenvalue weighted by Gasteiger charge is 2.32. The van der Waals surface area contributed by atoms with Crippen LogP contribution in [-0.2, 0) is 4.79 Å². The lowest BCUT2D eigenvalue weighted by atomic mass is 10.2. The zero-order valence-electron chi connectivity index (χ0n) is 15.0. The second-order valence-corrected chi connectivity index (χ2v) is 6.49. The fourth-order valence-corrected chi connectivity index (χ4v) is 3.16. The first-order valence-electron chi connectivity index (χ1n) is 8.35. The largest absolute Gasteiger partial charge is 0.493 e. The number of nitrogens with one attached hydrogen (secondary N) is 2. The summed E-state index contributed by atoms with van der Waals surface area (Å²) >= 11 is 5.91. The highest BCUT2D eigenvalue weighted by atomic mass is 35.5. The van der Waals surface area contributed by atoms with Crippen LogP contribution in [0.2, 0.25) is 5.02 Å². The molecular weight excluding hydrogens is 370 g/mol. The lowest BCUT2D eigenvalue weighted by Gasteiger charge is -2.19. The fourth-order valence-electron chi connectivity index (χ4n) is 2.97. The highest BCUT2D eigenvalue weighted by Crippen LogP contribution is 2.33. The van der Waals surface area contributed by atoms with Gasteiger partial charge in [0.05, 0.1) is 20.3 Å². The van der Waals surface area contributed by atoms with Gasteiger partial charge in [-0.2, -0.15) is 0 Å². The second-order valence-electron chi connectivity index (χ2n) is 6.05. The molecule has 2 aromatic rings. The van der Waals surface area contributed by atoms with Gasteiger partial charge >= 0.3 is 6.03 Å². The Kier molecular flexibility index (Phi) is 5.71. The van der Waals surface area contributed by atoms with Crippen LogP contribution in [0.5, 0.6) is 11.5 Å². The average molecular weight is 390 g/mol. The van der Waals surface area contributed by atoms with Crippen LogP contribution in [0.4, 0.5) is 16.2 Å². The molecular formula is C19H20ClN3O4. The number of rotatable bonds is 5. The van der Waals surface area contributed by atoms with Gasteiger partial charge in [-0.15, -0.1) is 0 Å². The molecule has 0 saturated carbocycles. The Labute approximate surface area is 162 Å². The van der Waals surface area contributed by atoms with Crippen LogP contribution in [-0.4, -0.2) is 38.7 Å². The molecule has 0 aromatic heterocycles. The summed E-state index contributed by atoms with van der Waals surface area (Å²) in [7, 11) is 3.09. The number of anilines is 2. The summed E-state index contributed by atoms with van der Waals surface area (Å²) in [5.41, 5.74) is 1.28. The van der Waals surface area contributed by atoms with Crippen molar-refractivity contribution in [3.05, 3.63) is 47.5 Å². The van der Waals surface area contributed by atoms with Gasteiger partial charge in [0.15, 0.2) is 11.5 Å². The van der Waals surface area contributed by atoms with Crippen LogP contribution in [0.1, 0.15) is 6.42 Å². The van der Waals surface area contributed by atoms with Gasteiger partial charge in [-0.1, -0.05) is 17.7 Å². The second kappa shape index (κ2) is 8.18. The third kappa shape index (κ3) is 4.43. The zero-order valence-corrected chi connectivity index (χ0v) is 15.7. The number of hydrogen-bond donors (Lipinski definition) is 2. The van der Waals surface area contributed by atoms with Gasteiger partial charge in [0.1, 0.15) is 0 Å². The minimum absolute atomic E-state index is 0.0738. The van der Waals surface area contributed by atoms with Gasteiger partial charge in [-0.25, -0.2) is 4.79 Å². The smallest absolute Gasteiger partial charge is 0.319 e. The van der Waals surface area contributed by atoms with Crippen LogP contribution < -0.4 is 25.0 Å². The maximum absolute atomic E-state index is 12.4. The third-order valence-corrected chi connectivity index (χ3v) is 4.46. The van der Waals surface area contributed by atoms with Gasteiger partial charge in [0.2, 0.25) is 5.91 Å². The number of nitrogens with zero attached hydrogens (tertiary/aromatic N) is 1. The van der Waals surface area contributed by atoms with E-state index in [4.69, 9.17) is 21.1 Å². The molecule has 0 aliphatic carbocycles. The quantitative estimate of drug-likeness (QED) is 0.822. The van der Waals surface area contributed by atoms with Gasteiger partial charge in [0, 0.05) is 35.4 Å². The number of methoxy groups -OCH3 is 2. The van der Waals surface area contributed by atoms with E-state index < -0.39 is 0 Å². The Morgan fingerprint density at radius 2 is 1.93 bits per heavy atom. The van der Waals surface area contributed by atoms with Crippen LogP contribution in [0, 0.1) is 0 Å². The predicted octanol–water partition coefficient (Wildman–Crippen LogP) is 3.28. The molecule has 1 saturated heterocycles. The van der Waals surface area contributed by atoms with Crippen molar-refractivity contribution in [2.24, 2.45) is 0 Å². The Morgan fingerprint density at radius 1 is 1.15 bits per heavy atom. The molecule has 0 radical (unpaired) electrons. The van der Waals surface area contributed by atoms with Crippen LogP contribution in [0.3, 0.4) is 0 Å². The van der Waals surface area contributed by atoms with E-state index in [1.165, 1.54) is 7.11 Å². The van der Waals surface area contributed by atoms with E-state index in [-0.39, 0.29) is 24.4 Å². The summed E-state index contributed by atoms with van der Waals surface area (Å²) in [5, 5.41) is 6.06. The number of halogens is 1. The molecule has 2 aromatic carbocycles. The molecule has 0 spiro atoms.